The first kappa shape index (κ1) is 18.2. The highest BCUT2D eigenvalue weighted by Crippen LogP contribution is 2.22. The molecule has 0 saturated carbocycles. The smallest absolute Gasteiger partial charge is 0.279 e. The van der Waals surface area contributed by atoms with Crippen LogP contribution in [0.15, 0.2) is 0 Å². The summed E-state index contributed by atoms with van der Waals surface area (Å²) in [6.45, 7) is 7.17. The third-order valence-electron chi connectivity index (χ3n) is 4.11. The molecule has 5 nitrogen and oxygen atoms in total. The summed E-state index contributed by atoms with van der Waals surface area (Å²) in [5.41, 5.74) is 0. The Bertz CT molecular complexity index is 375. The van der Waals surface area contributed by atoms with Crippen molar-refractivity contribution in [3.63, 3.8) is 0 Å². The number of halogens is 1. The summed E-state index contributed by atoms with van der Waals surface area (Å²) >= 11 is 0. The monoisotopic (exact) mass is 325 g/mol. The zero-order chi connectivity index (χ0) is 13.9. The Hall–Kier alpha value is 0.120. The van der Waals surface area contributed by atoms with Gasteiger partial charge >= 0.3 is 0 Å². The van der Waals surface area contributed by atoms with Gasteiger partial charge in [-0.3, -0.25) is 0 Å². The Kier molecular flexibility index (Phi) is 7.21. The predicted octanol–water partition coefficient (Wildman–Crippen LogP) is 1.36. The molecule has 2 saturated heterocycles. The van der Waals surface area contributed by atoms with Crippen LogP contribution in [0.5, 0.6) is 0 Å². The topological polar surface area (TPSA) is 61.4 Å². The molecule has 120 valence electrons. The summed E-state index contributed by atoms with van der Waals surface area (Å²) in [5.74, 6) is 0.911. The van der Waals surface area contributed by atoms with Gasteiger partial charge < -0.3 is 5.32 Å². The fraction of sp³-hybridized carbons (Fsp3) is 1.00. The van der Waals surface area contributed by atoms with Gasteiger partial charge in [0.05, 0.1) is 0 Å². The normalized spacial score (nSPS) is 32.0. The zero-order valence-electron chi connectivity index (χ0n) is 12.5. The second-order valence-corrected chi connectivity index (χ2v) is 8.00. The van der Waals surface area contributed by atoms with Crippen LogP contribution in [0.2, 0.25) is 0 Å². The summed E-state index contributed by atoms with van der Waals surface area (Å²) in [6.07, 6.45) is 4.38. The molecular formula is C13H28ClN3O2S. The second kappa shape index (κ2) is 7.94. The van der Waals surface area contributed by atoms with Crippen molar-refractivity contribution in [2.45, 2.75) is 45.6 Å². The van der Waals surface area contributed by atoms with Gasteiger partial charge in [0.2, 0.25) is 0 Å². The number of piperidine rings is 1. The number of hydrogen-bond donors (Lipinski definition) is 2. The minimum Gasteiger partial charge on any atom is -0.314 e. The van der Waals surface area contributed by atoms with Crippen LogP contribution in [-0.2, 0) is 10.2 Å². The van der Waals surface area contributed by atoms with E-state index < -0.39 is 10.2 Å². The molecule has 2 fully saturated rings. The molecule has 2 rings (SSSR count). The predicted molar refractivity (Wildman–Crippen MR) is 84.3 cm³/mol. The summed E-state index contributed by atoms with van der Waals surface area (Å²) < 4.78 is 28.9. The Balaban J connectivity index is 0.00000200. The van der Waals surface area contributed by atoms with Crippen molar-refractivity contribution >= 4 is 22.6 Å². The van der Waals surface area contributed by atoms with Crippen molar-refractivity contribution in [2.24, 2.45) is 11.8 Å². The van der Waals surface area contributed by atoms with Crippen molar-refractivity contribution < 1.29 is 8.42 Å². The maximum Gasteiger partial charge on any atom is 0.279 e. The lowest BCUT2D eigenvalue weighted by Crippen LogP contribution is -2.48. The lowest BCUT2D eigenvalue weighted by atomic mass is 9.94. The van der Waals surface area contributed by atoms with E-state index in [1.165, 1.54) is 12.8 Å². The molecule has 0 bridgehead atoms. The molecule has 20 heavy (non-hydrogen) atoms. The third kappa shape index (κ3) is 5.15. The molecule has 3 atom stereocenters. The Morgan fingerprint density at radius 2 is 1.90 bits per heavy atom. The fourth-order valence-corrected chi connectivity index (χ4v) is 4.72. The van der Waals surface area contributed by atoms with Gasteiger partial charge in [0, 0.05) is 25.7 Å². The van der Waals surface area contributed by atoms with Gasteiger partial charge in [-0.05, 0) is 44.1 Å². The average molecular weight is 326 g/mol. The molecule has 0 spiro atoms. The van der Waals surface area contributed by atoms with Crippen LogP contribution >= 0.6 is 12.4 Å². The molecule has 7 heteroatoms. The molecule has 2 N–H and O–H groups in total. The average Bonchev–Trinajstić information content (AvgIpc) is 2.80. The molecule has 0 aliphatic carbocycles. The summed E-state index contributed by atoms with van der Waals surface area (Å²) in [5, 5.41) is 3.39. The van der Waals surface area contributed by atoms with E-state index in [4.69, 9.17) is 0 Å². The molecule has 0 radical (unpaired) electrons. The first-order chi connectivity index (χ1) is 8.97. The number of hydrogen-bond acceptors (Lipinski definition) is 3. The minimum atomic E-state index is -3.29. The molecule has 0 aromatic carbocycles. The van der Waals surface area contributed by atoms with Crippen molar-refractivity contribution in [3.05, 3.63) is 0 Å². The Morgan fingerprint density at radius 3 is 2.45 bits per heavy atom. The SMILES string of the molecule is CC1CC(C)CN(S(=O)(=O)NCC[C@H]2CCCN2)C1.Cl. The lowest BCUT2D eigenvalue weighted by Gasteiger charge is -2.34. The summed E-state index contributed by atoms with van der Waals surface area (Å²) in [7, 11) is -3.29. The maximum atomic E-state index is 12.2. The van der Waals surface area contributed by atoms with Crippen LogP contribution in [0.1, 0.15) is 39.5 Å². The van der Waals surface area contributed by atoms with E-state index in [1.54, 1.807) is 4.31 Å². The highest BCUT2D eigenvalue weighted by molar-refractivity contribution is 7.87. The number of nitrogens with one attached hydrogen (secondary N) is 2. The van der Waals surface area contributed by atoms with E-state index in [9.17, 15) is 8.42 Å². The summed E-state index contributed by atoms with van der Waals surface area (Å²) in [4.78, 5) is 0. The van der Waals surface area contributed by atoms with E-state index in [0.29, 0.717) is 37.5 Å². The fourth-order valence-electron chi connectivity index (χ4n) is 3.26. The van der Waals surface area contributed by atoms with E-state index in [-0.39, 0.29) is 12.4 Å². The summed E-state index contributed by atoms with van der Waals surface area (Å²) in [6, 6.07) is 0.488. The quantitative estimate of drug-likeness (QED) is 0.802. The zero-order valence-corrected chi connectivity index (χ0v) is 14.1. The van der Waals surface area contributed by atoms with E-state index in [0.717, 1.165) is 19.4 Å². The second-order valence-electron chi connectivity index (χ2n) is 6.24. The standard InChI is InChI=1S/C13H27N3O2S.ClH/c1-11-8-12(2)10-16(9-11)19(17,18)15-7-5-13-4-3-6-14-13;/h11-15H,3-10H2,1-2H3;1H/t11?,12?,13-;/m1./s1. The van der Waals surface area contributed by atoms with Gasteiger partial charge in [0.25, 0.3) is 10.2 Å². The molecule has 2 unspecified atom stereocenters. The first-order valence-corrected chi connectivity index (χ1v) is 8.89. The molecule has 2 heterocycles. The highest BCUT2D eigenvalue weighted by atomic mass is 35.5. The van der Waals surface area contributed by atoms with Crippen LogP contribution < -0.4 is 10.0 Å². The van der Waals surface area contributed by atoms with Crippen molar-refractivity contribution in [1.82, 2.24) is 14.3 Å². The van der Waals surface area contributed by atoms with Gasteiger partial charge in [-0.15, -0.1) is 12.4 Å². The molecule has 2 aliphatic rings. The number of rotatable bonds is 5. The van der Waals surface area contributed by atoms with E-state index in [1.807, 2.05) is 0 Å². The van der Waals surface area contributed by atoms with Crippen LogP contribution in [0.25, 0.3) is 0 Å². The van der Waals surface area contributed by atoms with Crippen LogP contribution in [0, 0.1) is 11.8 Å². The van der Waals surface area contributed by atoms with Crippen LogP contribution in [0.3, 0.4) is 0 Å². The Morgan fingerprint density at radius 1 is 1.25 bits per heavy atom. The van der Waals surface area contributed by atoms with E-state index in [2.05, 4.69) is 23.9 Å². The lowest BCUT2D eigenvalue weighted by molar-refractivity contribution is 0.220. The largest absolute Gasteiger partial charge is 0.314 e. The van der Waals surface area contributed by atoms with Gasteiger partial charge in [0.15, 0.2) is 0 Å². The van der Waals surface area contributed by atoms with Crippen molar-refractivity contribution in [3.8, 4) is 0 Å². The van der Waals surface area contributed by atoms with Gasteiger partial charge in [-0.25, -0.2) is 4.72 Å². The molecule has 0 aromatic heterocycles. The van der Waals surface area contributed by atoms with Crippen molar-refractivity contribution in [2.75, 3.05) is 26.2 Å². The van der Waals surface area contributed by atoms with Gasteiger partial charge in [-0.2, -0.15) is 12.7 Å². The molecule has 2 aliphatic heterocycles. The van der Waals surface area contributed by atoms with Crippen molar-refractivity contribution in [1.29, 1.82) is 0 Å². The van der Waals surface area contributed by atoms with Crippen LogP contribution in [-0.4, -0.2) is 44.9 Å². The molecule has 0 aromatic rings. The number of nitrogens with zero attached hydrogens (tertiary/aromatic N) is 1. The Labute approximate surface area is 129 Å². The first-order valence-electron chi connectivity index (χ1n) is 7.45. The molecular weight excluding hydrogens is 298 g/mol. The van der Waals surface area contributed by atoms with Gasteiger partial charge in [-0.1, -0.05) is 13.8 Å². The minimum absolute atomic E-state index is 0. The molecule has 0 amide bonds. The van der Waals surface area contributed by atoms with Gasteiger partial charge in [0.1, 0.15) is 0 Å². The highest BCUT2D eigenvalue weighted by Gasteiger charge is 2.30. The third-order valence-corrected chi connectivity index (χ3v) is 5.66. The maximum absolute atomic E-state index is 12.2. The van der Waals surface area contributed by atoms with E-state index >= 15 is 0 Å². The van der Waals surface area contributed by atoms with Crippen LogP contribution in [0.4, 0.5) is 0 Å².